The lowest BCUT2D eigenvalue weighted by molar-refractivity contribution is 0.0973. The molecule has 308 valence electrons. The Bertz CT molecular complexity index is 1420. The van der Waals surface area contributed by atoms with Crippen LogP contribution in [-0.2, 0) is 0 Å². The Morgan fingerprint density at radius 1 is 0.357 bits per heavy atom. The first-order chi connectivity index (χ1) is 27.8. The van der Waals surface area contributed by atoms with Crippen LogP contribution in [0.15, 0.2) is 71.8 Å². The summed E-state index contributed by atoms with van der Waals surface area (Å²) in [4.78, 5) is 5.90. The highest BCUT2D eigenvalue weighted by atomic mass is 15.2. The topological polar surface area (TPSA) is 6.48 Å². The molecule has 2 heteroatoms. The van der Waals surface area contributed by atoms with E-state index in [0.29, 0.717) is 5.92 Å². The maximum atomic E-state index is 3.02. The summed E-state index contributed by atoms with van der Waals surface area (Å²) in [6, 6.07) is 2.27. The molecule has 0 saturated heterocycles. The molecular formula is C54H82N2. The fourth-order valence-electron chi connectivity index (χ4n) is 14.4. The van der Waals surface area contributed by atoms with Crippen molar-refractivity contribution in [2.45, 2.75) is 217 Å². The molecule has 56 heavy (non-hydrogen) atoms. The van der Waals surface area contributed by atoms with Gasteiger partial charge in [-0.2, -0.15) is 0 Å². The van der Waals surface area contributed by atoms with Gasteiger partial charge in [-0.1, -0.05) is 113 Å². The molecule has 5 fully saturated rings. The van der Waals surface area contributed by atoms with Crippen molar-refractivity contribution in [2.24, 2.45) is 47.3 Å². The maximum Gasteiger partial charge on any atom is 0.0367 e. The van der Waals surface area contributed by atoms with E-state index in [9.17, 15) is 0 Å². The standard InChI is InChI=1S/C54H82N2/c1-5-13-41(14-6-1)45-25-33-51(34-26-45)55(49-17-9-3-10-18-49)53-37-29-47(30-38-53)43-21-23-44(24-22-43)48-31-39-54(40-32-48)56(50-19-11-4-12-20-50)52-35-27-46(28-36-52)42-15-7-2-8-16-42/h17,21,23,27,29,35-38,41-48,50-51,54H,1-16,18-20,22,24-26,28,30-34,39-40H2. The zero-order chi connectivity index (χ0) is 37.5. The zero-order valence-electron chi connectivity index (χ0n) is 35.9. The van der Waals surface area contributed by atoms with Gasteiger partial charge in [0, 0.05) is 35.2 Å². The van der Waals surface area contributed by atoms with Crippen LogP contribution in [0.5, 0.6) is 0 Å². The van der Waals surface area contributed by atoms with Crippen molar-refractivity contribution in [3.05, 3.63) is 71.8 Å². The summed E-state index contributed by atoms with van der Waals surface area (Å²) in [6.07, 6.45) is 68.2. The molecular weight excluding hydrogens is 677 g/mol. The SMILES string of the molecule is C1=CC(C2C=CC(C3CCC(N(C4=CCC(C5CCCCC5)C=C4)C4CCCCC4)CC3)CC2)CC=C1N(C1=CCCCC1)C1CCC(C2CCCCC2)CC1. The Hall–Kier alpha value is -1.96. The molecule has 0 heterocycles. The van der Waals surface area contributed by atoms with E-state index in [1.807, 2.05) is 0 Å². The highest BCUT2D eigenvalue weighted by molar-refractivity contribution is 5.30. The summed E-state index contributed by atoms with van der Waals surface area (Å²) < 4.78 is 0. The van der Waals surface area contributed by atoms with Gasteiger partial charge in [0.05, 0.1) is 0 Å². The Morgan fingerprint density at radius 3 is 1.52 bits per heavy atom. The lowest BCUT2D eigenvalue weighted by atomic mass is 9.70. The number of rotatable bonds is 10. The van der Waals surface area contributed by atoms with Gasteiger partial charge < -0.3 is 9.80 Å². The van der Waals surface area contributed by atoms with Gasteiger partial charge in [-0.25, -0.2) is 0 Å². The van der Waals surface area contributed by atoms with E-state index in [0.717, 1.165) is 59.6 Å². The minimum Gasteiger partial charge on any atom is -0.366 e. The fourth-order valence-corrected chi connectivity index (χ4v) is 14.4. The number of hydrogen-bond acceptors (Lipinski definition) is 2. The average Bonchev–Trinajstić information content (AvgIpc) is 3.29. The molecule has 9 aliphatic rings. The maximum absolute atomic E-state index is 3.02. The molecule has 0 aliphatic heterocycles. The summed E-state index contributed by atoms with van der Waals surface area (Å²) in [6.45, 7) is 0. The third-order valence-electron chi connectivity index (χ3n) is 17.8. The van der Waals surface area contributed by atoms with E-state index in [2.05, 4.69) is 64.5 Å². The van der Waals surface area contributed by atoms with Crippen LogP contribution >= 0.6 is 0 Å². The van der Waals surface area contributed by atoms with Gasteiger partial charge in [0.1, 0.15) is 0 Å². The van der Waals surface area contributed by atoms with Gasteiger partial charge in [-0.3, -0.25) is 0 Å². The van der Waals surface area contributed by atoms with Gasteiger partial charge in [-0.05, 0) is 188 Å². The van der Waals surface area contributed by atoms with Gasteiger partial charge >= 0.3 is 0 Å². The third-order valence-corrected chi connectivity index (χ3v) is 17.8. The number of hydrogen-bond donors (Lipinski definition) is 0. The molecule has 4 atom stereocenters. The van der Waals surface area contributed by atoms with Crippen molar-refractivity contribution in [3.63, 3.8) is 0 Å². The molecule has 2 nitrogen and oxygen atoms in total. The molecule has 0 N–H and O–H groups in total. The van der Waals surface area contributed by atoms with Crippen LogP contribution in [-0.4, -0.2) is 27.9 Å². The quantitative estimate of drug-likeness (QED) is 0.205. The predicted molar refractivity (Wildman–Crippen MR) is 238 cm³/mol. The van der Waals surface area contributed by atoms with Crippen molar-refractivity contribution in [1.82, 2.24) is 9.80 Å². The molecule has 9 aliphatic carbocycles. The second-order valence-electron chi connectivity index (χ2n) is 21.0. The summed E-state index contributed by atoms with van der Waals surface area (Å²) >= 11 is 0. The van der Waals surface area contributed by atoms with Crippen LogP contribution in [0.25, 0.3) is 0 Å². The van der Waals surface area contributed by atoms with E-state index in [1.54, 1.807) is 17.1 Å². The van der Waals surface area contributed by atoms with Gasteiger partial charge in [-0.15, -0.1) is 0 Å². The minimum absolute atomic E-state index is 0.689. The van der Waals surface area contributed by atoms with Crippen LogP contribution < -0.4 is 0 Å². The monoisotopic (exact) mass is 759 g/mol. The van der Waals surface area contributed by atoms with Crippen LogP contribution in [0, 0.1) is 47.3 Å². The highest BCUT2D eigenvalue weighted by Crippen LogP contribution is 2.46. The van der Waals surface area contributed by atoms with Gasteiger partial charge in [0.25, 0.3) is 0 Å². The number of allylic oxidation sites excluding steroid dienone is 10. The predicted octanol–water partition coefficient (Wildman–Crippen LogP) is 15.2. The van der Waals surface area contributed by atoms with E-state index in [4.69, 9.17) is 0 Å². The largest absolute Gasteiger partial charge is 0.366 e. The first-order valence-corrected chi connectivity index (χ1v) is 25.5. The molecule has 5 saturated carbocycles. The van der Waals surface area contributed by atoms with Gasteiger partial charge in [0.2, 0.25) is 0 Å². The third kappa shape index (κ3) is 9.41. The lowest BCUT2D eigenvalue weighted by Gasteiger charge is -2.47. The molecule has 0 amide bonds. The summed E-state index contributed by atoms with van der Waals surface area (Å²) in [5.74, 6) is 6.95. The Balaban J connectivity index is 0.780. The normalized spacial score (nSPS) is 36.8. The molecule has 0 aromatic rings. The smallest absolute Gasteiger partial charge is 0.0367 e. The minimum atomic E-state index is 0.689. The molecule has 0 bridgehead atoms. The second kappa shape index (κ2) is 19.4. The van der Waals surface area contributed by atoms with Crippen molar-refractivity contribution >= 4 is 0 Å². The average molecular weight is 759 g/mol. The summed E-state index contributed by atoms with van der Waals surface area (Å²) in [7, 11) is 0. The summed E-state index contributed by atoms with van der Waals surface area (Å²) in [5, 5.41) is 0. The van der Waals surface area contributed by atoms with Crippen LogP contribution in [0.2, 0.25) is 0 Å². The first kappa shape index (κ1) is 39.5. The second-order valence-corrected chi connectivity index (χ2v) is 21.0. The van der Waals surface area contributed by atoms with Crippen LogP contribution in [0.4, 0.5) is 0 Å². The van der Waals surface area contributed by atoms with Crippen molar-refractivity contribution in [1.29, 1.82) is 0 Å². The van der Waals surface area contributed by atoms with E-state index >= 15 is 0 Å². The molecule has 4 unspecified atom stereocenters. The molecule has 0 spiro atoms. The summed E-state index contributed by atoms with van der Waals surface area (Å²) in [5.41, 5.74) is 4.83. The van der Waals surface area contributed by atoms with E-state index in [1.165, 1.54) is 199 Å². The lowest BCUT2D eigenvalue weighted by Crippen LogP contribution is -2.45. The Morgan fingerprint density at radius 2 is 0.893 bits per heavy atom. The first-order valence-electron chi connectivity index (χ1n) is 25.5. The van der Waals surface area contributed by atoms with Crippen LogP contribution in [0.1, 0.15) is 199 Å². The molecule has 9 rings (SSSR count). The molecule has 0 radical (unpaired) electrons. The Kier molecular flexibility index (Phi) is 13.7. The van der Waals surface area contributed by atoms with E-state index < -0.39 is 0 Å². The highest BCUT2D eigenvalue weighted by Gasteiger charge is 2.37. The van der Waals surface area contributed by atoms with Crippen molar-refractivity contribution < 1.29 is 0 Å². The Labute approximate surface area is 344 Å². The zero-order valence-corrected chi connectivity index (χ0v) is 35.9. The number of nitrogens with zero attached hydrogens (tertiary/aromatic N) is 2. The van der Waals surface area contributed by atoms with Gasteiger partial charge in [0.15, 0.2) is 0 Å². The fraction of sp³-hybridized carbons (Fsp3) is 0.778. The van der Waals surface area contributed by atoms with Crippen molar-refractivity contribution in [2.75, 3.05) is 0 Å². The van der Waals surface area contributed by atoms with Crippen molar-refractivity contribution in [3.8, 4) is 0 Å². The molecule has 0 aromatic heterocycles. The molecule has 0 aromatic carbocycles. The van der Waals surface area contributed by atoms with Crippen LogP contribution in [0.3, 0.4) is 0 Å². The van der Waals surface area contributed by atoms with E-state index in [-0.39, 0.29) is 0 Å².